The first-order valence-electron chi connectivity index (χ1n) is 23.4. The van der Waals surface area contributed by atoms with Gasteiger partial charge in [-0.3, -0.25) is 19.3 Å². The molecule has 0 aromatic heterocycles. The first-order chi connectivity index (χ1) is 31.1. The Morgan fingerprint density at radius 3 is 1.69 bits per heavy atom. The fourth-order valence-corrected chi connectivity index (χ4v) is 9.36. The van der Waals surface area contributed by atoms with E-state index >= 15 is 4.39 Å². The number of hydrogen-bond donors (Lipinski definition) is 2. The molecule has 4 aromatic carbocycles. The Bertz CT molecular complexity index is 2090. The van der Waals surface area contributed by atoms with Crippen LogP contribution in [0.5, 0.6) is 11.5 Å². The van der Waals surface area contributed by atoms with E-state index in [0.29, 0.717) is 49.0 Å². The van der Waals surface area contributed by atoms with Gasteiger partial charge in [-0.2, -0.15) is 0 Å². The van der Waals surface area contributed by atoms with Gasteiger partial charge in [-0.1, -0.05) is 81.3 Å². The summed E-state index contributed by atoms with van der Waals surface area (Å²) in [5, 5.41) is 12.3. The Morgan fingerprint density at radius 1 is 0.703 bits per heavy atom. The summed E-state index contributed by atoms with van der Waals surface area (Å²) >= 11 is 0. The van der Waals surface area contributed by atoms with Crippen LogP contribution in [0.3, 0.4) is 0 Å². The number of carbonyl (C=O) groups is 3. The van der Waals surface area contributed by atoms with Crippen LogP contribution in [0, 0.1) is 35.3 Å². The minimum atomic E-state index is -0.766. The van der Waals surface area contributed by atoms with Crippen molar-refractivity contribution in [1.82, 2.24) is 10.2 Å². The van der Waals surface area contributed by atoms with E-state index in [2.05, 4.69) is 23.9 Å². The molecule has 2 atom stereocenters. The quantitative estimate of drug-likeness (QED) is 0.100. The molecule has 2 heterocycles. The van der Waals surface area contributed by atoms with E-state index in [-0.39, 0.29) is 41.4 Å². The fraction of sp³-hybridized carbons (Fsp3) is 0.491. The number of nitrogens with one attached hydrogen (secondary N) is 1. The molecule has 344 valence electrons. The highest BCUT2D eigenvalue weighted by Crippen LogP contribution is 2.34. The van der Waals surface area contributed by atoms with Crippen molar-refractivity contribution in [2.45, 2.75) is 110 Å². The van der Waals surface area contributed by atoms with Gasteiger partial charge in [-0.05, 0) is 131 Å². The van der Waals surface area contributed by atoms with Crippen molar-refractivity contribution in [2.24, 2.45) is 23.7 Å². The number of hydrogen-bond acceptors (Lipinski definition) is 8. The average molecular weight is 881 g/mol. The SMILES string of the molecule is CCC1CCC(Oc2ccc(-c3cccc(C=O)c3F)cc2)CC1.CCC1CCC(Oc2ccc(-c3cccc(CN4CCC(C(=O)O)C4)c3F)cc2)CC1.COC(=O)C1CCNC1. The van der Waals surface area contributed by atoms with Gasteiger partial charge >= 0.3 is 11.9 Å². The lowest BCUT2D eigenvalue weighted by Gasteiger charge is -2.28. The molecule has 2 N–H and O–H groups in total. The number of nitrogens with zero attached hydrogens (tertiary/aromatic N) is 1. The van der Waals surface area contributed by atoms with Crippen molar-refractivity contribution < 1.29 is 42.5 Å². The van der Waals surface area contributed by atoms with E-state index in [1.165, 1.54) is 51.7 Å². The first-order valence-corrected chi connectivity index (χ1v) is 23.4. The first kappa shape index (κ1) is 48.3. The van der Waals surface area contributed by atoms with Gasteiger partial charge in [0.2, 0.25) is 0 Å². The second-order valence-corrected chi connectivity index (χ2v) is 17.8. The van der Waals surface area contributed by atoms with E-state index < -0.39 is 11.8 Å². The summed E-state index contributed by atoms with van der Waals surface area (Å²) in [5.74, 6) is 1.56. The number of esters is 1. The van der Waals surface area contributed by atoms with Gasteiger partial charge < -0.3 is 24.6 Å². The average Bonchev–Trinajstić information content (AvgIpc) is 4.05. The fourth-order valence-electron chi connectivity index (χ4n) is 9.36. The molecule has 4 fully saturated rings. The van der Waals surface area contributed by atoms with Crippen molar-refractivity contribution in [3.8, 4) is 33.8 Å². The number of ether oxygens (including phenoxy) is 3. The highest BCUT2D eigenvalue weighted by atomic mass is 19.1. The Hall–Kier alpha value is -5.13. The molecule has 2 aliphatic carbocycles. The van der Waals surface area contributed by atoms with Gasteiger partial charge in [0.05, 0.1) is 36.7 Å². The lowest BCUT2D eigenvalue weighted by molar-refractivity contribution is -0.144. The topological polar surface area (TPSA) is 114 Å². The number of carboxylic acid groups (broad SMARTS) is 1. The van der Waals surface area contributed by atoms with E-state index in [4.69, 9.17) is 9.47 Å². The molecule has 64 heavy (non-hydrogen) atoms. The Balaban J connectivity index is 0.000000182. The van der Waals surface area contributed by atoms with Crippen LogP contribution in [-0.2, 0) is 20.9 Å². The number of aliphatic carboxylic acids is 1. The molecular formula is C53H66F2N2O7. The summed E-state index contributed by atoms with van der Waals surface area (Å²) in [4.78, 5) is 34.8. The highest BCUT2D eigenvalue weighted by Gasteiger charge is 2.29. The number of carboxylic acids is 1. The number of likely N-dealkylation sites (tertiary alicyclic amines) is 1. The largest absolute Gasteiger partial charge is 0.490 e. The van der Waals surface area contributed by atoms with Crippen molar-refractivity contribution >= 4 is 18.2 Å². The molecular weight excluding hydrogens is 815 g/mol. The minimum absolute atomic E-state index is 0.0833. The van der Waals surface area contributed by atoms with Crippen LogP contribution in [0.1, 0.15) is 107 Å². The van der Waals surface area contributed by atoms with Gasteiger partial charge in [-0.15, -0.1) is 0 Å². The van der Waals surface area contributed by atoms with E-state index in [9.17, 15) is 23.9 Å². The Labute approximate surface area is 377 Å². The molecule has 11 heteroatoms. The predicted octanol–water partition coefficient (Wildman–Crippen LogP) is 11.2. The van der Waals surface area contributed by atoms with Crippen LogP contribution >= 0.6 is 0 Å². The van der Waals surface area contributed by atoms with Crippen molar-refractivity contribution in [1.29, 1.82) is 0 Å². The standard InChI is InChI=1S/C26H32FNO3.C21H23FO2.C6H11NO2/c1-2-18-6-10-22(11-7-18)31-23-12-8-19(9-13-23)24-5-3-4-20(25(24)27)16-28-15-14-21(17-28)26(29)30;1-2-15-6-10-18(11-7-15)24-19-12-8-16(9-13-19)20-5-3-4-17(14-23)21(20)22;1-9-6(8)5-2-3-7-4-5/h3-5,8-9,12-13,18,21-22H,2,6-7,10-11,14-17H2,1H3,(H,29,30);3-5,8-9,12-15,18H,2,6-7,10-11H2,1H3;5,7H,2-4H2,1H3. The van der Waals surface area contributed by atoms with E-state index in [0.717, 1.165) is 79.7 Å². The predicted molar refractivity (Wildman–Crippen MR) is 246 cm³/mol. The third-order valence-electron chi connectivity index (χ3n) is 13.5. The molecule has 0 spiro atoms. The second-order valence-electron chi connectivity index (χ2n) is 17.8. The third kappa shape index (κ3) is 13.5. The van der Waals surface area contributed by atoms with Crippen molar-refractivity contribution in [3.05, 3.63) is 108 Å². The van der Waals surface area contributed by atoms with Crippen molar-refractivity contribution in [3.63, 3.8) is 0 Å². The molecule has 0 amide bonds. The van der Waals surface area contributed by atoms with Crippen LogP contribution < -0.4 is 14.8 Å². The normalized spacial score (nSPS) is 23.1. The summed E-state index contributed by atoms with van der Waals surface area (Å²) in [6.45, 7) is 7.84. The summed E-state index contributed by atoms with van der Waals surface area (Å²) in [7, 11) is 1.43. The molecule has 0 bridgehead atoms. The zero-order valence-electron chi connectivity index (χ0n) is 37.7. The van der Waals surface area contributed by atoms with Gasteiger partial charge in [0, 0.05) is 36.3 Å². The number of rotatable bonds is 13. The number of carbonyl (C=O) groups excluding carboxylic acids is 2. The maximum atomic E-state index is 15.2. The molecule has 2 saturated heterocycles. The Morgan fingerprint density at radius 2 is 1.23 bits per heavy atom. The van der Waals surface area contributed by atoms with Crippen LogP contribution in [0.25, 0.3) is 22.3 Å². The maximum absolute atomic E-state index is 15.2. The zero-order chi connectivity index (χ0) is 45.4. The molecule has 4 aromatic rings. The van der Waals surface area contributed by atoms with Crippen LogP contribution in [-0.4, -0.2) is 73.7 Å². The number of benzene rings is 4. The molecule has 4 aliphatic rings. The van der Waals surface area contributed by atoms with Gasteiger partial charge in [0.25, 0.3) is 0 Å². The molecule has 0 radical (unpaired) electrons. The van der Waals surface area contributed by atoms with Crippen LogP contribution in [0.15, 0.2) is 84.9 Å². The second kappa shape index (κ2) is 24.2. The van der Waals surface area contributed by atoms with E-state index in [1.807, 2.05) is 59.5 Å². The van der Waals surface area contributed by atoms with Gasteiger partial charge in [-0.25, -0.2) is 8.78 Å². The number of halogens is 2. The van der Waals surface area contributed by atoms with Crippen LogP contribution in [0.2, 0.25) is 0 Å². The van der Waals surface area contributed by atoms with Crippen LogP contribution in [0.4, 0.5) is 8.78 Å². The zero-order valence-corrected chi connectivity index (χ0v) is 37.7. The summed E-state index contributed by atoms with van der Waals surface area (Å²) in [6, 6.07) is 25.5. The molecule has 8 rings (SSSR count). The highest BCUT2D eigenvalue weighted by molar-refractivity contribution is 5.80. The third-order valence-corrected chi connectivity index (χ3v) is 13.5. The smallest absolute Gasteiger partial charge is 0.309 e. The summed E-state index contributed by atoms with van der Waals surface area (Å²) in [6.07, 6.45) is 14.6. The van der Waals surface area contributed by atoms with Gasteiger partial charge in [0.15, 0.2) is 6.29 Å². The minimum Gasteiger partial charge on any atom is -0.490 e. The maximum Gasteiger partial charge on any atom is 0.309 e. The van der Waals surface area contributed by atoms with Gasteiger partial charge in [0.1, 0.15) is 23.1 Å². The number of aldehydes is 1. The lowest BCUT2D eigenvalue weighted by atomic mass is 9.86. The lowest BCUT2D eigenvalue weighted by Crippen LogP contribution is -2.23. The molecule has 9 nitrogen and oxygen atoms in total. The molecule has 2 aliphatic heterocycles. The summed E-state index contributed by atoms with van der Waals surface area (Å²) in [5.41, 5.74) is 3.28. The van der Waals surface area contributed by atoms with E-state index in [1.54, 1.807) is 24.3 Å². The summed E-state index contributed by atoms with van der Waals surface area (Å²) < 4.78 is 46.3. The monoisotopic (exact) mass is 880 g/mol. The number of methoxy groups -OCH3 is 1. The molecule has 2 saturated carbocycles. The van der Waals surface area contributed by atoms with Crippen molar-refractivity contribution in [2.75, 3.05) is 33.3 Å². The molecule has 2 unspecified atom stereocenters. The Kier molecular flexibility index (Phi) is 18.3.